The van der Waals surface area contributed by atoms with Gasteiger partial charge in [0.05, 0.1) is 5.56 Å². The summed E-state index contributed by atoms with van der Waals surface area (Å²) >= 11 is 3.24. The molecule has 2 amide bonds. The molecule has 7 heteroatoms. The van der Waals surface area contributed by atoms with Gasteiger partial charge < -0.3 is 20.1 Å². The Bertz CT molecular complexity index is 544. The van der Waals surface area contributed by atoms with Gasteiger partial charge in [0, 0.05) is 36.5 Å². The second-order valence-electron chi connectivity index (χ2n) is 4.92. The Morgan fingerprint density at radius 1 is 1.33 bits per heavy atom. The number of hydrogen-bond acceptors (Lipinski definition) is 3. The molecule has 0 aromatic heterocycles. The maximum atomic E-state index is 12.2. The summed E-state index contributed by atoms with van der Waals surface area (Å²) in [6.07, 6.45) is 1.62. The number of carbonyl (C=O) groups is 2. The van der Waals surface area contributed by atoms with Crippen LogP contribution in [0.4, 0.5) is 10.5 Å². The summed E-state index contributed by atoms with van der Waals surface area (Å²) < 4.78 is 5.88. The first kappa shape index (κ1) is 15.8. The summed E-state index contributed by atoms with van der Waals surface area (Å²) in [5.74, 6) is -1.04. The van der Waals surface area contributed by atoms with E-state index < -0.39 is 5.97 Å². The third kappa shape index (κ3) is 4.18. The van der Waals surface area contributed by atoms with Crippen molar-refractivity contribution >= 4 is 33.6 Å². The number of urea groups is 1. The summed E-state index contributed by atoms with van der Waals surface area (Å²) in [5, 5.41) is 11.8. The Balaban J connectivity index is 2.06. The van der Waals surface area contributed by atoms with E-state index in [0.717, 1.165) is 12.8 Å². The molecule has 2 N–H and O–H groups in total. The van der Waals surface area contributed by atoms with Crippen LogP contribution in [-0.4, -0.2) is 48.3 Å². The Morgan fingerprint density at radius 2 is 2.00 bits per heavy atom. The number of anilines is 1. The van der Waals surface area contributed by atoms with Crippen LogP contribution in [0.15, 0.2) is 22.7 Å². The van der Waals surface area contributed by atoms with Crippen LogP contribution in [0.2, 0.25) is 0 Å². The molecule has 6 nitrogen and oxygen atoms in total. The molecular formula is C14H17BrN2O4. The smallest absolute Gasteiger partial charge is 0.335 e. The van der Waals surface area contributed by atoms with Crippen molar-refractivity contribution in [3.05, 3.63) is 28.2 Å². The van der Waals surface area contributed by atoms with Crippen molar-refractivity contribution < 1.29 is 19.4 Å². The Hall–Kier alpha value is -1.60. The monoisotopic (exact) mass is 356 g/mol. The number of nitrogens with one attached hydrogen (secondary N) is 1. The predicted molar refractivity (Wildman–Crippen MR) is 81.7 cm³/mol. The minimum Gasteiger partial charge on any atom is -0.478 e. The molecule has 0 spiro atoms. The summed E-state index contributed by atoms with van der Waals surface area (Å²) in [6.45, 7) is 1.31. The van der Waals surface area contributed by atoms with E-state index in [-0.39, 0.29) is 17.6 Å². The lowest BCUT2D eigenvalue weighted by Crippen LogP contribution is -2.42. The molecule has 1 saturated heterocycles. The number of carbonyl (C=O) groups excluding carboxylic acids is 1. The lowest BCUT2D eigenvalue weighted by molar-refractivity contribution is 0.0544. The molecule has 114 valence electrons. The fraction of sp³-hybridized carbons (Fsp3) is 0.429. The second kappa shape index (κ2) is 6.91. The molecule has 0 atom stereocenters. The minimum atomic E-state index is -1.04. The van der Waals surface area contributed by atoms with Gasteiger partial charge in [-0.1, -0.05) is 15.9 Å². The number of hydrogen-bond donors (Lipinski definition) is 2. The minimum absolute atomic E-state index is 0.119. The van der Waals surface area contributed by atoms with E-state index in [1.807, 2.05) is 0 Å². The fourth-order valence-electron chi connectivity index (χ4n) is 2.24. The van der Waals surface area contributed by atoms with Crippen LogP contribution in [0.3, 0.4) is 0 Å². The number of aromatic carboxylic acids is 1. The van der Waals surface area contributed by atoms with Gasteiger partial charge in [-0.25, -0.2) is 9.59 Å². The van der Waals surface area contributed by atoms with Gasteiger partial charge in [-0.3, -0.25) is 0 Å². The van der Waals surface area contributed by atoms with E-state index in [0.29, 0.717) is 23.4 Å². The molecule has 0 saturated carbocycles. The molecule has 1 aliphatic heterocycles. The Morgan fingerprint density at radius 3 is 2.62 bits per heavy atom. The topological polar surface area (TPSA) is 78.9 Å². The van der Waals surface area contributed by atoms with Crippen LogP contribution >= 0.6 is 15.9 Å². The van der Waals surface area contributed by atoms with E-state index in [9.17, 15) is 9.59 Å². The number of nitrogens with zero attached hydrogens (tertiary/aromatic N) is 1. The van der Waals surface area contributed by atoms with Gasteiger partial charge >= 0.3 is 12.0 Å². The zero-order chi connectivity index (χ0) is 15.4. The molecule has 0 bridgehead atoms. The van der Waals surface area contributed by atoms with Crippen molar-refractivity contribution in [2.24, 2.45) is 0 Å². The summed E-state index contributed by atoms with van der Waals surface area (Å²) in [7, 11) is 1.74. The van der Waals surface area contributed by atoms with Crippen molar-refractivity contribution in [2.45, 2.75) is 18.9 Å². The molecule has 1 heterocycles. The van der Waals surface area contributed by atoms with Gasteiger partial charge in [0.2, 0.25) is 0 Å². The fourth-order valence-corrected chi connectivity index (χ4v) is 2.73. The molecule has 21 heavy (non-hydrogen) atoms. The number of amides is 2. The number of carboxylic acid groups (broad SMARTS) is 1. The van der Waals surface area contributed by atoms with E-state index in [1.54, 1.807) is 18.0 Å². The summed E-state index contributed by atoms with van der Waals surface area (Å²) in [5.41, 5.74) is 0.569. The van der Waals surface area contributed by atoms with E-state index in [1.165, 1.54) is 12.1 Å². The van der Waals surface area contributed by atoms with Crippen molar-refractivity contribution in [3.8, 4) is 0 Å². The lowest BCUT2D eigenvalue weighted by atomic mass is 10.1. The van der Waals surface area contributed by atoms with Gasteiger partial charge in [0.25, 0.3) is 0 Å². The Labute approximate surface area is 131 Å². The number of halogens is 1. The average Bonchev–Trinajstić information content (AvgIpc) is 2.46. The highest BCUT2D eigenvalue weighted by Gasteiger charge is 2.22. The first-order valence-electron chi connectivity index (χ1n) is 6.63. The highest BCUT2D eigenvalue weighted by atomic mass is 79.9. The van der Waals surface area contributed by atoms with Crippen LogP contribution in [-0.2, 0) is 4.74 Å². The van der Waals surface area contributed by atoms with Crippen LogP contribution < -0.4 is 5.32 Å². The first-order valence-corrected chi connectivity index (χ1v) is 7.42. The zero-order valence-corrected chi connectivity index (χ0v) is 13.2. The number of carboxylic acids is 1. The van der Waals surface area contributed by atoms with Crippen LogP contribution in [0.5, 0.6) is 0 Å². The molecule has 1 aliphatic rings. The quantitative estimate of drug-likeness (QED) is 0.872. The highest BCUT2D eigenvalue weighted by Crippen LogP contribution is 2.21. The maximum absolute atomic E-state index is 12.2. The van der Waals surface area contributed by atoms with Crippen molar-refractivity contribution in [3.63, 3.8) is 0 Å². The molecule has 0 radical (unpaired) electrons. The normalized spacial score (nSPS) is 15.5. The average molecular weight is 357 g/mol. The molecule has 1 fully saturated rings. The van der Waals surface area contributed by atoms with Gasteiger partial charge in [0.15, 0.2) is 0 Å². The predicted octanol–water partition coefficient (Wildman–Crippen LogP) is 2.79. The van der Waals surface area contributed by atoms with E-state index in [4.69, 9.17) is 9.84 Å². The SMILES string of the molecule is CN(C(=O)Nc1cc(Br)cc(C(=O)O)c1)C1CCOCC1. The van der Waals surface area contributed by atoms with Gasteiger partial charge in [0.1, 0.15) is 0 Å². The number of ether oxygens (including phenoxy) is 1. The summed E-state index contributed by atoms with van der Waals surface area (Å²) in [6, 6.07) is 4.48. The van der Waals surface area contributed by atoms with E-state index in [2.05, 4.69) is 21.2 Å². The third-order valence-electron chi connectivity index (χ3n) is 3.45. The summed E-state index contributed by atoms with van der Waals surface area (Å²) in [4.78, 5) is 24.9. The Kier molecular flexibility index (Phi) is 5.19. The first-order chi connectivity index (χ1) is 9.97. The number of rotatable bonds is 3. The lowest BCUT2D eigenvalue weighted by Gasteiger charge is -2.31. The standard InChI is InChI=1S/C14H17BrN2O4/c1-17(12-2-4-21-5-3-12)14(20)16-11-7-9(13(18)19)6-10(15)8-11/h6-8,12H,2-5H2,1H3,(H,16,20)(H,18,19). The molecule has 2 rings (SSSR count). The van der Waals surface area contributed by atoms with Crippen molar-refractivity contribution in [1.82, 2.24) is 4.90 Å². The van der Waals surface area contributed by atoms with Gasteiger partial charge in [-0.2, -0.15) is 0 Å². The van der Waals surface area contributed by atoms with E-state index >= 15 is 0 Å². The van der Waals surface area contributed by atoms with Gasteiger partial charge in [-0.15, -0.1) is 0 Å². The van der Waals surface area contributed by atoms with Crippen LogP contribution in [0, 0.1) is 0 Å². The van der Waals surface area contributed by atoms with Gasteiger partial charge in [-0.05, 0) is 31.0 Å². The van der Waals surface area contributed by atoms with Crippen molar-refractivity contribution in [2.75, 3.05) is 25.6 Å². The molecule has 0 unspecified atom stereocenters. The largest absolute Gasteiger partial charge is 0.478 e. The highest BCUT2D eigenvalue weighted by molar-refractivity contribution is 9.10. The number of benzene rings is 1. The van der Waals surface area contributed by atoms with Crippen LogP contribution in [0.1, 0.15) is 23.2 Å². The molecular weight excluding hydrogens is 340 g/mol. The molecule has 1 aromatic rings. The second-order valence-corrected chi connectivity index (χ2v) is 5.83. The zero-order valence-electron chi connectivity index (χ0n) is 11.6. The molecule has 1 aromatic carbocycles. The third-order valence-corrected chi connectivity index (χ3v) is 3.91. The maximum Gasteiger partial charge on any atom is 0.335 e. The molecule has 0 aliphatic carbocycles. The van der Waals surface area contributed by atoms with Crippen LogP contribution in [0.25, 0.3) is 0 Å². The van der Waals surface area contributed by atoms with Crippen molar-refractivity contribution in [1.29, 1.82) is 0 Å².